The number of amides is 1. The van der Waals surface area contributed by atoms with Crippen molar-refractivity contribution in [1.82, 2.24) is 3.53 Å². The summed E-state index contributed by atoms with van der Waals surface area (Å²) >= 11 is 1.61. The highest BCUT2D eigenvalue weighted by molar-refractivity contribution is 14.1. The summed E-state index contributed by atoms with van der Waals surface area (Å²) in [5, 5.41) is 0. The summed E-state index contributed by atoms with van der Waals surface area (Å²) in [4.78, 5) is 21.3. The van der Waals surface area contributed by atoms with Crippen molar-refractivity contribution in [2.75, 3.05) is 0 Å². The summed E-state index contributed by atoms with van der Waals surface area (Å²) in [6, 6.07) is 0. The molecule has 0 spiro atoms. The van der Waals surface area contributed by atoms with Gasteiger partial charge in [-0.2, -0.15) is 0 Å². The molecule has 0 aromatic heterocycles. The standard InChI is InChI=1S/C6H10INO3/c1-3-4(2)5(9)11-6(10)8-7/h4H,3H2,1-2H3,(H,8,10). The van der Waals surface area contributed by atoms with Crippen LogP contribution in [0.5, 0.6) is 0 Å². The summed E-state index contributed by atoms with van der Waals surface area (Å²) in [5.41, 5.74) is 0. The van der Waals surface area contributed by atoms with Gasteiger partial charge in [0.25, 0.3) is 0 Å². The molecule has 1 N–H and O–H groups in total. The summed E-state index contributed by atoms with van der Waals surface area (Å²) in [7, 11) is 0. The van der Waals surface area contributed by atoms with E-state index in [4.69, 9.17) is 0 Å². The normalized spacial score (nSPS) is 11.9. The fourth-order valence-electron chi connectivity index (χ4n) is 0.378. The van der Waals surface area contributed by atoms with Gasteiger partial charge in [-0.1, -0.05) is 13.8 Å². The van der Waals surface area contributed by atoms with Crippen molar-refractivity contribution in [3.63, 3.8) is 0 Å². The van der Waals surface area contributed by atoms with Crippen LogP contribution in [0.1, 0.15) is 20.3 Å². The number of nitrogens with one attached hydrogen (secondary N) is 1. The molecular formula is C6H10INO3. The summed E-state index contributed by atoms with van der Waals surface area (Å²) < 4.78 is 6.52. The van der Waals surface area contributed by atoms with Crippen LogP contribution in [0.4, 0.5) is 4.79 Å². The number of halogens is 1. The Labute approximate surface area is 79.2 Å². The zero-order valence-corrected chi connectivity index (χ0v) is 8.54. The van der Waals surface area contributed by atoms with Crippen molar-refractivity contribution in [3.05, 3.63) is 0 Å². The molecule has 11 heavy (non-hydrogen) atoms. The first-order valence-electron chi connectivity index (χ1n) is 3.24. The van der Waals surface area contributed by atoms with Crippen LogP contribution in [0.15, 0.2) is 0 Å². The Bertz CT molecular complexity index is 160. The molecule has 0 aliphatic rings. The Balaban J connectivity index is 3.77. The van der Waals surface area contributed by atoms with E-state index in [9.17, 15) is 9.59 Å². The van der Waals surface area contributed by atoms with E-state index in [1.165, 1.54) is 0 Å². The third-order valence-corrected chi connectivity index (χ3v) is 1.73. The highest BCUT2D eigenvalue weighted by Crippen LogP contribution is 2.03. The molecule has 0 aromatic rings. The largest absolute Gasteiger partial charge is 0.423 e. The monoisotopic (exact) mass is 271 g/mol. The van der Waals surface area contributed by atoms with Crippen molar-refractivity contribution >= 4 is 34.9 Å². The lowest BCUT2D eigenvalue weighted by Gasteiger charge is -2.05. The maximum Gasteiger partial charge on any atom is 0.423 e. The molecule has 0 aliphatic carbocycles. The first-order chi connectivity index (χ1) is 5.11. The van der Waals surface area contributed by atoms with Gasteiger partial charge in [0.2, 0.25) is 0 Å². The number of carbonyl (C=O) groups excluding carboxylic acids is 2. The van der Waals surface area contributed by atoms with Gasteiger partial charge in [0, 0.05) is 0 Å². The third kappa shape index (κ3) is 4.18. The van der Waals surface area contributed by atoms with Gasteiger partial charge < -0.3 is 4.74 Å². The van der Waals surface area contributed by atoms with Gasteiger partial charge in [0.15, 0.2) is 0 Å². The van der Waals surface area contributed by atoms with E-state index in [1.807, 2.05) is 6.92 Å². The minimum Gasteiger partial charge on any atom is -0.376 e. The van der Waals surface area contributed by atoms with Crippen LogP contribution in [0.2, 0.25) is 0 Å². The zero-order valence-electron chi connectivity index (χ0n) is 6.39. The number of ether oxygens (including phenoxy) is 1. The van der Waals surface area contributed by atoms with E-state index >= 15 is 0 Å². The molecule has 64 valence electrons. The summed E-state index contributed by atoms with van der Waals surface area (Å²) in [6.45, 7) is 3.57. The molecule has 0 aliphatic heterocycles. The van der Waals surface area contributed by atoms with Crippen LogP contribution < -0.4 is 3.53 Å². The van der Waals surface area contributed by atoms with Gasteiger partial charge in [-0.25, -0.2) is 4.79 Å². The van der Waals surface area contributed by atoms with Crippen LogP contribution in [0.25, 0.3) is 0 Å². The smallest absolute Gasteiger partial charge is 0.376 e. The van der Waals surface area contributed by atoms with E-state index in [0.29, 0.717) is 6.42 Å². The van der Waals surface area contributed by atoms with E-state index in [-0.39, 0.29) is 5.92 Å². The first kappa shape index (κ1) is 10.7. The molecule has 0 rings (SSSR count). The molecule has 0 saturated heterocycles. The molecular weight excluding hydrogens is 261 g/mol. The van der Waals surface area contributed by atoms with Crippen molar-refractivity contribution in [2.24, 2.45) is 5.92 Å². The fourth-order valence-corrected chi connectivity index (χ4v) is 0.488. The van der Waals surface area contributed by atoms with E-state index in [1.54, 1.807) is 29.8 Å². The van der Waals surface area contributed by atoms with Crippen LogP contribution in [-0.4, -0.2) is 12.1 Å². The zero-order chi connectivity index (χ0) is 8.85. The van der Waals surface area contributed by atoms with Gasteiger partial charge >= 0.3 is 12.1 Å². The van der Waals surface area contributed by atoms with Gasteiger partial charge in [0.05, 0.1) is 28.8 Å². The average molecular weight is 271 g/mol. The first-order valence-corrected chi connectivity index (χ1v) is 4.32. The highest BCUT2D eigenvalue weighted by Gasteiger charge is 2.15. The molecule has 5 heteroatoms. The second-order valence-corrected chi connectivity index (χ2v) is 2.65. The lowest BCUT2D eigenvalue weighted by molar-refractivity contribution is -0.141. The molecule has 4 nitrogen and oxygen atoms in total. The topological polar surface area (TPSA) is 55.4 Å². The molecule has 1 atom stereocenters. The lowest BCUT2D eigenvalue weighted by atomic mass is 10.1. The fraction of sp³-hybridized carbons (Fsp3) is 0.667. The molecule has 0 saturated carbocycles. The Kier molecular flexibility index (Phi) is 5.18. The second kappa shape index (κ2) is 5.34. The Morgan fingerprint density at radius 2 is 2.18 bits per heavy atom. The van der Waals surface area contributed by atoms with Crippen molar-refractivity contribution in [1.29, 1.82) is 0 Å². The number of esters is 1. The molecule has 0 aromatic carbocycles. The Morgan fingerprint density at radius 1 is 1.64 bits per heavy atom. The predicted octanol–water partition coefficient (Wildman–Crippen LogP) is 1.64. The van der Waals surface area contributed by atoms with Crippen LogP contribution in [0.3, 0.4) is 0 Å². The van der Waals surface area contributed by atoms with Crippen LogP contribution in [0, 0.1) is 5.92 Å². The Morgan fingerprint density at radius 3 is 2.55 bits per heavy atom. The van der Waals surface area contributed by atoms with Crippen LogP contribution >= 0.6 is 22.9 Å². The van der Waals surface area contributed by atoms with Gasteiger partial charge in [-0.3, -0.25) is 8.32 Å². The lowest BCUT2D eigenvalue weighted by Crippen LogP contribution is -2.22. The highest BCUT2D eigenvalue weighted by atomic mass is 127. The quantitative estimate of drug-likeness (QED) is 0.359. The third-order valence-electron chi connectivity index (χ3n) is 1.29. The summed E-state index contributed by atoms with van der Waals surface area (Å²) in [6.07, 6.45) is -0.0382. The molecule has 1 unspecified atom stereocenters. The number of carbonyl (C=O) groups is 2. The minimum atomic E-state index is -0.712. The number of hydrogen-bond acceptors (Lipinski definition) is 3. The molecule has 0 heterocycles. The second-order valence-electron chi connectivity index (χ2n) is 2.11. The van der Waals surface area contributed by atoms with Crippen LogP contribution in [-0.2, 0) is 9.53 Å². The van der Waals surface area contributed by atoms with E-state index in [2.05, 4.69) is 8.27 Å². The Hall–Kier alpha value is -0.330. The SMILES string of the molecule is CCC(C)C(=O)OC(=O)NI. The maximum absolute atomic E-state index is 10.9. The minimum absolute atomic E-state index is 0.219. The van der Waals surface area contributed by atoms with Crippen molar-refractivity contribution < 1.29 is 14.3 Å². The number of rotatable bonds is 2. The molecule has 1 amide bonds. The molecule has 0 radical (unpaired) electrons. The summed E-state index contributed by atoms with van der Waals surface area (Å²) in [5.74, 6) is -0.703. The predicted molar refractivity (Wildman–Crippen MR) is 48.1 cm³/mol. The van der Waals surface area contributed by atoms with Gasteiger partial charge in [-0.05, 0) is 6.42 Å². The van der Waals surface area contributed by atoms with Crippen molar-refractivity contribution in [2.45, 2.75) is 20.3 Å². The average Bonchev–Trinajstić information content (AvgIpc) is 2.02. The van der Waals surface area contributed by atoms with Gasteiger partial charge in [-0.15, -0.1) is 0 Å². The number of hydrogen-bond donors (Lipinski definition) is 1. The van der Waals surface area contributed by atoms with E-state index < -0.39 is 12.1 Å². The maximum atomic E-state index is 10.9. The molecule has 0 fully saturated rings. The van der Waals surface area contributed by atoms with E-state index in [0.717, 1.165) is 0 Å². The van der Waals surface area contributed by atoms with Crippen molar-refractivity contribution in [3.8, 4) is 0 Å². The molecule has 0 bridgehead atoms. The van der Waals surface area contributed by atoms with Gasteiger partial charge in [0.1, 0.15) is 0 Å².